The average Bonchev–Trinajstić information content (AvgIpc) is 2.93. The molecule has 0 amide bonds. The Morgan fingerprint density at radius 1 is 1.00 bits per heavy atom. The third kappa shape index (κ3) is 3.15. The third-order valence-corrected chi connectivity index (χ3v) is 10.2. The van der Waals surface area contributed by atoms with E-state index in [1.54, 1.807) is 16.0 Å². The van der Waals surface area contributed by atoms with Crippen LogP contribution in [0.15, 0.2) is 35.1 Å². The summed E-state index contributed by atoms with van der Waals surface area (Å²) in [5, 5.41) is 3.44. The van der Waals surface area contributed by atoms with Crippen LogP contribution in [0, 0.1) is 20.8 Å². The maximum atomic E-state index is 2.62. The number of rotatable bonds is 6. The fourth-order valence-electron chi connectivity index (χ4n) is 4.45. The van der Waals surface area contributed by atoms with Gasteiger partial charge in [0.25, 0.3) is 0 Å². The van der Waals surface area contributed by atoms with Crippen molar-refractivity contribution in [3.63, 3.8) is 0 Å². The van der Waals surface area contributed by atoms with Gasteiger partial charge in [0.2, 0.25) is 0 Å². The predicted octanol–water partition coefficient (Wildman–Crippen LogP) is 5.90. The lowest BCUT2D eigenvalue weighted by Crippen LogP contribution is -2.50. The molecule has 1 aromatic rings. The van der Waals surface area contributed by atoms with Gasteiger partial charge in [0.1, 0.15) is 8.07 Å². The summed E-state index contributed by atoms with van der Waals surface area (Å²) in [6.07, 6.45) is 9.99. The second-order valence-electron chi connectivity index (χ2n) is 7.15. The van der Waals surface area contributed by atoms with E-state index < -0.39 is 8.07 Å². The highest BCUT2D eigenvalue weighted by atomic mass is 28.3. The molecule has 0 saturated carbocycles. The van der Waals surface area contributed by atoms with Gasteiger partial charge in [-0.25, -0.2) is 0 Å². The van der Waals surface area contributed by atoms with E-state index in [1.165, 1.54) is 42.0 Å². The van der Waals surface area contributed by atoms with Gasteiger partial charge in [-0.2, -0.15) is 0 Å². The van der Waals surface area contributed by atoms with Crippen LogP contribution in [0.4, 0.5) is 0 Å². The summed E-state index contributed by atoms with van der Waals surface area (Å²) in [5.74, 6) is 0. The van der Waals surface area contributed by atoms with E-state index in [2.05, 4.69) is 65.5 Å². The van der Waals surface area contributed by atoms with Gasteiger partial charge in [-0.15, -0.1) is 0 Å². The van der Waals surface area contributed by atoms with Crippen LogP contribution in [0.3, 0.4) is 0 Å². The highest BCUT2D eigenvalue weighted by Crippen LogP contribution is 2.35. The van der Waals surface area contributed by atoms with Crippen LogP contribution in [0.25, 0.3) is 0 Å². The average molecular weight is 313 g/mol. The fourth-order valence-corrected chi connectivity index (χ4v) is 9.74. The first-order valence-electron chi connectivity index (χ1n) is 8.92. The van der Waals surface area contributed by atoms with Crippen LogP contribution in [0.5, 0.6) is 0 Å². The summed E-state index contributed by atoms with van der Waals surface area (Å²) in [4.78, 5) is 0. The van der Waals surface area contributed by atoms with Gasteiger partial charge in [0.15, 0.2) is 0 Å². The van der Waals surface area contributed by atoms with Gasteiger partial charge in [0, 0.05) is 0 Å². The Bertz CT molecular complexity index is 583. The Kier molecular flexibility index (Phi) is 5.49. The van der Waals surface area contributed by atoms with E-state index in [0.29, 0.717) is 0 Å². The molecule has 0 fully saturated rings. The monoisotopic (exact) mass is 312 g/mol. The van der Waals surface area contributed by atoms with E-state index in [1.807, 2.05) is 0 Å². The van der Waals surface area contributed by atoms with E-state index in [0.717, 1.165) is 6.42 Å². The first kappa shape index (κ1) is 17.3. The van der Waals surface area contributed by atoms with Gasteiger partial charge < -0.3 is 0 Å². The number of aryl methyl sites for hydroxylation is 3. The lowest BCUT2D eigenvalue weighted by atomic mass is 10.1. The molecular formula is C21H32Si. The smallest absolute Gasteiger partial charge is 0.0808 e. The van der Waals surface area contributed by atoms with Crippen molar-refractivity contribution >= 4 is 13.3 Å². The van der Waals surface area contributed by atoms with E-state index >= 15 is 0 Å². The van der Waals surface area contributed by atoms with Crippen molar-refractivity contribution in [2.45, 2.75) is 72.9 Å². The molecule has 0 aromatic heterocycles. The quantitative estimate of drug-likeness (QED) is 0.573. The molecule has 1 aliphatic carbocycles. The van der Waals surface area contributed by atoms with Crippen LogP contribution in [0.2, 0.25) is 12.6 Å². The molecule has 0 saturated heterocycles. The molecule has 0 nitrogen and oxygen atoms in total. The largest absolute Gasteiger partial charge is 0.115 e. The molecule has 22 heavy (non-hydrogen) atoms. The number of hydrogen-bond donors (Lipinski definition) is 0. The van der Waals surface area contributed by atoms with Crippen LogP contribution < -0.4 is 5.19 Å². The number of allylic oxidation sites excluding steroid dienone is 4. The lowest BCUT2D eigenvalue weighted by molar-refractivity contribution is 0.870. The summed E-state index contributed by atoms with van der Waals surface area (Å²) in [6, 6.07) is 6.17. The molecule has 1 atom stereocenters. The molecule has 120 valence electrons. The van der Waals surface area contributed by atoms with Gasteiger partial charge in [-0.05, 0) is 44.8 Å². The first-order chi connectivity index (χ1) is 10.4. The van der Waals surface area contributed by atoms with Gasteiger partial charge in [0.05, 0.1) is 0 Å². The molecule has 0 N–H and O–H groups in total. The minimum Gasteiger partial charge on any atom is -0.0808 e. The number of benzene rings is 1. The topological polar surface area (TPSA) is 0 Å². The van der Waals surface area contributed by atoms with Crippen molar-refractivity contribution in [1.29, 1.82) is 0 Å². The van der Waals surface area contributed by atoms with Gasteiger partial charge in [-0.3, -0.25) is 0 Å². The SMILES string of the molecule is CCCC[Si](C)(C1=CCC=C1CC)c1c(C)cc(C)cc1C. The highest BCUT2D eigenvalue weighted by Gasteiger charge is 2.37. The zero-order valence-electron chi connectivity index (χ0n) is 15.3. The minimum atomic E-state index is -1.62. The molecule has 0 heterocycles. The van der Waals surface area contributed by atoms with E-state index in [9.17, 15) is 0 Å². The second kappa shape index (κ2) is 7.00. The summed E-state index contributed by atoms with van der Waals surface area (Å²) in [6.45, 7) is 14.1. The zero-order valence-corrected chi connectivity index (χ0v) is 16.3. The molecule has 1 heteroatoms. The summed E-state index contributed by atoms with van der Waals surface area (Å²) >= 11 is 0. The third-order valence-electron chi connectivity index (χ3n) is 5.27. The van der Waals surface area contributed by atoms with Gasteiger partial charge >= 0.3 is 0 Å². The Morgan fingerprint density at radius 3 is 2.18 bits per heavy atom. The number of hydrogen-bond acceptors (Lipinski definition) is 0. The lowest BCUT2D eigenvalue weighted by Gasteiger charge is -2.34. The normalized spacial score (nSPS) is 17.2. The Balaban J connectivity index is 2.58. The second-order valence-corrected chi connectivity index (χ2v) is 11.3. The molecule has 0 spiro atoms. The van der Waals surface area contributed by atoms with Crippen LogP contribution >= 0.6 is 0 Å². The molecule has 2 rings (SSSR count). The molecule has 1 aliphatic rings. The van der Waals surface area contributed by atoms with Gasteiger partial charge in [-0.1, -0.05) is 85.0 Å². The summed E-state index contributed by atoms with van der Waals surface area (Å²) < 4.78 is 0. The number of unbranched alkanes of at least 4 members (excludes halogenated alkanes) is 1. The van der Waals surface area contributed by atoms with Crippen LogP contribution in [-0.2, 0) is 0 Å². The zero-order chi connectivity index (χ0) is 16.3. The van der Waals surface area contributed by atoms with E-state index in [-0.39, 0.29) is 0 Å². The van der Waals surface area contributed by atoms with Crippen molar-refractivity contribution in [3.8, 4) is 0 Å². The Morgan fingerprint density at radius 2 is 1.64 bits per heavy atom. The fraction of sp³-hybridized carbons (Fsp3) is 0.524. The molecular weight excluding hydrogens is 280 g/mol. The van der Waals surface area contributed by atoms with Crippen molar-refractivity contribution in [3.05, 3.63) is 51.7 Å². The predicted molar refractivity (Wildman–Crippen MR) is 103 cm³/mol. The minimum absolute atomic E-state index is 1.15. The summed E-state index contributed by atoms with van der Waals surface area (Å²) in [5.41, 5.74) is 6.07. The maximum Gasteiger partial charge on any atom is 0.115 e. The van der Waals surface area contributed by atoms with Crippen molar-refractivity contribution in [1.82, 2.24) is 0 Å². The van der Waals surface area contributed by atoms with Crippen molar-refractivity contribution in [2.24, 2.45) is 0 Å². The molecule has 1 unspecified atom stereocenters. The Hall–Kier alpha value is -1.08. The Labute approximate surface area is 138 Å². The van der Waals surface area contributed by atoms with E-state index in [4.69, 9.17) is 0 Å². The molecule has 0 bridgehead atoms. The molecule has 1 aromatic carbocycles. The summed E-state index contributed by atoms with van der Waals surface area (Å²) in [7, 11) is -1.62. The molecule has 0 radical (unpaired) electrons. The standard InChI is InChI=1S/C21H32Si/c1-7-9-13-22(6,20-12-10-11-19(20)8-2)21-17(4)14-16(3)15-18(21)5/h11-12,14-15H,7-10,13H2,1-6H3. The van der Waals surface area contributed by atoms with Crippen LogP contribution in [0.1, 0.15) is 56.2 Å². The maximum absolute atomic E-state index is 2.62. The highest BCUT2D eigenvalue weighted by molar-refractivity contribution is 6.98. The first-order valence-corrected chi connectivity index (χ1v) is 11.6. The van der Waals surface area contributed by atoms with Crippen LogP contribution in [-0.4, -0.2) is 8.07 Å². The van der Waals surface area contributed by atoms with Crippen molar-refractivity contribution in [2.75, 3.05) is 0 Å². The molecule has 0 aliphatic heterocycles. The van der Waals surface area contributed by atoms with Crippen molar-refractivity contribution < 1.29 is 0 Å².